The number of rotatable bonds is 3. The SMILES string of the molecule is CC(=O)N(c1ccccc1)C(C)C(=O)O. The summed E-state index contributed by atoms with van der Waals surface area (Å²) in [5, 5.41) is 8.87. The van der Waals surface area contributed by atoms with Crippen LogP contribution in [-0.4, -0.2) is 23.0 Å². The van der Waals surface area contributed by atoms with E-state index in [2.05, 4.69) is 0 Å². The molecular formula is C11H13NO3. The van der Waals surface area contributed by atoms with Crippen LogP contribution in [0.3, 0.4) is 0 Å². The predicted octanol–water partition coefficient (Wildman–Crippen LogP) is 1.51. The van der Waals surface area contributed by atoms with Gasteiger partial charge in [0, 0.05) is 12.6 Å². The lowest BCUT2D eigenvalue weighted by Crippen LogP contribution is -2.42. The number of hydrogen-bond donors (Lipinski definition) is 1. The number of carbonyl (C=O) groups excluding carboxylic acids is 1. The molecule has 15 heavy (non-hydrogen) atoms. The van der Waals surface area contributed by atoms with E-state index in [1.807, 2.05) is 6.07 Å². The van der Waals surface area contributed by atoms with Crippen molar-refractivity contribution in [2.24, 2.45) is 0 Å². The van der Waals surface area contributed by atoms with Crippen molar-refractivity contribution < 1.29 is 14.7 Å². The Morgan fingerprint density at radius 3 is 2.20 bits per heavy atom. The first kappa shape index (κ1) is 11.2. The third-order valence-corrected chi connectivity index (χ3v) is 2.12. The molecule has 1 aromatic carbocycles. The van der Waals surface area contributed by atoms with E-state index in [4.69, 9.17) is 5.11 Å². The topological polar surface area (TPSA) is 57.6 Å². The van der Waals surface area contributed by atoms with E-state index in [1.54, 1.807) is 24.3 Å². The molecular weight excluding hydrogens is 194 g/mol. The Bertz CT molecular complexity index is 361. The third kappa shape index (κ3) is 2.56. The first-order valence-electron chi connectivity index (χ1n) is 4.61. The molecule has 0 aliphatic rings. The molecule has 4 heteroatoms. The second-order valence-electron chi connectivity index (χ2n) is 3.24. The number of hydrogen-bond acceptors (Lipinski definition) is 2. The molecule has 0 radical (unpaired) electrons. The molecule has 1 amide bonds. The van der Waals surface area contributed by atoms with Gasteiger partial charge in [0.1, 0.15) is 6.04 Å². The van der Waals surface area contributed by atoms with Gasteiger partial charge in [-0.3, -0.25) is 9.69 Å². The fourth-order valence-corrected chi connectivity index (χ4v) is 1.38. The Hall–Kier alpha value is -1.84. The van der Waals surface area contributed by atoms with Crippen molar-refractivity contribution in [3.63, 3.8) is 0 Å². The predicted molar refractivity (Wildman–Crippen MR) is 56.7 cm³/mol. The van der Waals surface area contributed by atoms with Crippen LogP contribution >= 0.6 is 0 Å². The Kier molecular flexibility index (Phi) is 3.44. The van der Waals surface area contributed by atoms with Crippen molar-refractivity contribution in [1.29, 1.82) is 0 Å². The standard InChI is InChI=1S/C11H13NO3/c1-8(11(14)15)12(9(2)13)10-6-4-3-5-7-10/h3-8H,1-2H3,(H,14,15). The van der Waals surface area contributed by atoms with Crippen molar-refractivity contribution in [3.8, 4) is 0 Å². The largest absolute Gasteiger partial charge is 0.480 e. The number of amides is 1. The van der Waals surface area contributed by atoms with E-state index in [0.717, 1.165) is 0 Å². The molecule has 0 heterocycles. The van der Waals surface area contributed by atoms with Gasteiger partial charge in [0.05, 0.1) is 0 Å². The summed E-state index contributed by atoms with van der Waals surface area (Å²) in [6, 6.07) is 7.90. The minimum absolute atomic E-state index is 0.281. The summed E-state index contributed by atoms with van der Waals surface area (Å²) in [7, 11) is 0. The molecule has 1 unspecified atom stereocenters. The van der Waals surface area contributed by atoms with Crippen LogP contribution in [-0.2, 0) is 9.59 Å². The van der Waals surface area contributed by atoms with E-state index in [0.29, 0.717) is 5.69 Å². The van der Waals surface area contributed by atoms with Gasteiger partial charge in [-0.1, -0.05) is 18.2 Å². The fourth-order valence-electron chi connectivity index (χ4n) is 1.38. The summed E-state index contributed by atoms with van der Waals surface area (Å²) in [5.41, 5.74) is 0.597. The molecule has 0 bridgehead atoms. The summed E-state index contributed by atoms with van der Waals surface area (Å²) in [6.45, 7) is 2.84. The summed E-state index contributed by atoms with van der Waals surface area (Å²) in [6.07, 6.45) is 0. The lowest BCUT2D eigenvalue weighted by Gasteiger charge is -2.25. The zero-order valence-corrected chi connectivity index (χ0v) is 8.68. The second kappa shape index (κ2) is 4.59. The first-order valence-corrected chi connectivity index (χ1v) is 4.61. The van der Waals surface area contributed by atoms with Gasteiger partial charge < -0.3 is 5.11 Å². The third-order valence-electron chi connectivity index (χ3n) is 2.12. The molecule has 0 spiro atoms. The molecule has 1 aromatic rings. The van der Waals surface area contributed by atoms with Gasteiger partial charge in [-0.05, 0) is 19.1 Å². The van der Waals surface area contributed by atoms with E-state index >= 15 is 0 Å². The first-order chi connectivity index (χ1) is 7.04. The molecule has 0 aliphatic carbocycles. The summed E-state index contributed by atoms with van der Waals surface area (Å²) < 4.78 is 0. The summed E-state index contributed by atoms with van der Waals surface area (Å²) >= 11 is 0. The number of carboxylic acid groups (broad SMARTS) is 1. The highest BCUT2D eigenvalue weighted by Gasteiger charge is 2.23. The minimum atomic E-state index is -1.02. The average Bonchev–Trinajstić information content (AvgIpc) is 2.18. The Morgan fingerprint density at radius 1 is 1.27 bits per heavy atom. The van der Waals surface area contributed by atoms with Gasteiger partial charge in [0.15, 0.2) is 0 Å². The maximum absolute atomic E-state index is 11.4. The molecule has 1 rings (SSSR count). The highest BCUT2D eigenvalue weighted by atomic mass is 16.4. The Labute approximate surface area is 88.1 Å². The van der Waals surface area contributed by atoms with Crippen molar-refractivity contribution in [3.05, 3.63) is 30.3 Å². The van der Waals surface area contributed by atoms with Crippen LogP contribution in [0, 0.1) is 0 Å². The molecule has 4 nitrogen and oxygen atoms in total. The summed E-state index contributed by atoms with van der Waals surface area (Å²) in [4.78, 5) is 23.4. The zero-order valence-electron chi connectivity index (χ0n) is 8.68. The number of anilines is 1. The molecule has 0 fully saturated rings. The van der Waals surface area contributed by atoms with E-state index in [1.165, 1.54) is 18.7 Å². The number of nitrogens with zero attached hydrogens (tertiary/aromatic N) is 1. The highest BCUT2D eigenvalue weighted by molar-refractivity contribution is 5.97. The van der Waals surface area contributed by atoms with Crippen LogP contribution in [0.25, 0.3) is 0 Å². The van der Waals surface area contributed by atoms with Gasteiger partial charge in [-0.2, -0.15) is 0 Å². The number of carbonyl (C=O) groups is 2. The maximum atomic E-state index is 11.4. The zero-order chi connectivity index (χ0) is 11.4. The number of benzene rings is 1. The van der Waals surface area contributed by atoms with Crippen molar-refractivity contribution in [2.45, 2.75) is 19.9 Å². The maximum Gasteiger partial charge on any atom is 0.326 e. The van der Waals surface area contributed by atoms with Crippen LogP contribution in [0.2, 0.25) is 0 Å². The van der Waals surface area contributed by atoms with Gasteiger partial charge in [0.25, 0.3) is 0 Å². The number of para-hydroxylation sites is 1. The smallest absolute Gasteiger partial charge is 0.326 e. The van der Waals surface area contributed by atoms with Crippen molar-refractivity contribution in [2.75, 3.05) is 4.90 Å². The van der Waals surface area contributed by atoms with Gasteiger partial charge in [-0.15, -0.1) is 0 Å². The average molecular weight is 207 g/mol. The van der Waals surface area contributed by atoms with E-state index < -0.39 is 12.0 Å². The van der Waals surface area contributed by atoms with Crippen LogP contribution in [0.5, 0.6) is 0 Å². The molecule has 1 N–H and O–H groups in total. The fraction of sp³-hybridized carbons (Fsp3) is 0.273. The molecule has 80 valence electrons. The second-order valence-corrected chi connectivity index (χ2v) is 3.24. The van der Waals surface area contributed by atoms with Gasteiger partial charge >= 0.3 is 5.97 Å². The molecule has 0 aliphatic heterocycles. The highest BCUT2D eigenvalue weighted by Crippen LogP contribution is 2.16. The van der Waals surface area contributed by atoms with Crippen LogP contribution < -0.4 is 4.90 Å². The Balaban J connectivity index is 3.04. The van der Waals surface area contributed by atoms with Gasteiger partial charge in [-0.25, -0.2) is 4.79 Å². The lowest BCUT2D eigenvalue weighted by atomic mass is 10.2. The number of aliphatic carboxylic acids is 1. The Morgan fingerprint density at radius 2 is 1.80 bits per heavy atom. The molecule has 0 saturated carbocycles. The molecule has 0 saturated heterocycles. The lowest BCUT2D eigenvalue weighted by molar-refractivity contribution is -0.139. The van der Waals surface area contributed by atoms with Crippen LogP contribution in [0.15, 0.2) is 30.3 Å². The van der Waals surface area contributed by atoms with E-state index in [9.17, 15) is 9.59 Å². The monoisotopic (exact) mass is 207 g/mol. The van der Waals surface area contributed by atoms with E-state index in [-0.39, 0.29) is 5.91 Å². The molecule has 1 atom stereocenters. The van der Waals surface area contributed by atoms with Gasteiger partial charge in [0.2, 0.25) is 5.91 Å². The van der Waals surface area contributed by atoms with Crippen molar-refractivity contribution >= 4 is 17.6 Å². The van der Waals surface area contributed by atoms with Crippen molar-refractivity contribution in [1.82, 2.24) is 0 Å². The molecule has 0 aromatic heterocycles. The van der Waals surface area contributed by atoms with Crippen LogP contribution in [0.4, 0.5) is 5.69 Å². The minimum Gasteiger partial charge on any atom is -0.480 e. The quantitative estimate of drug-likeness (QED) is 0.817. The number of carboxylic acids is 1. The van der Waals surface area contributed by atoms with Crippen LogP contribution in [0.1, 0.15) is 13.8 Å². The normalized spacial score (nSPS) is 11.9. The summed E-state index contributed by atoms with van der Waals surface area (Å²) in [5.74, 6) is -1.30.